The Bertz CT molecular complexity index is 1150. The molecule has 0 amide bonds. The fraction of sp³-hybridized carbons (Fsp3) is 0.375. The van der Waals surface area contributed by atoms with Crippen LogP contribution in [0.2, 0.25) is 0 Å². The summed E-state index contributed by atoms with van der Waals surface area (Å²) < 4.78 is 11.3. The molecule has 3 aliphatic rings. The van der Waals surface area contributed by atoms with E-state index in [2.05, 4.69) is 41.4 Å². The summed E-state index contributed by atoms with van der Waals surface area (Å²) in [7, 11) is 1.60. The van der Waals surface area contributed by atoms with Crippen LogP contribution >= 0.6 is 0 Å². The summed E-state index contributed by atoms with van der Waals surface area (Å²) in [5.74, 6) is 0.625. The Hall–Kier alpha value is -2.87. The number of benzene rings is 1. The Morgan fingerprint density at radius 1 is 1.26 bits per heavy atom. The van der Waals surface area contributed by atoms with Gasteiger partial charge in [0, 0.05) is 52.6 Å². The van der Waals surface area contributed by atoms with Crippen LogP contribution in [0.25, 0.3) is 18.0 Å². The van der Waals surface area contributed by atoms with E-state index in [1.165, 1.54) is 0 Å². The number of nitrogens with zero attached hydrogens (tertiary/aromatic N) is 2. The van der Waals surface area contributed by atoms with Crippen molar-refractivity contribution in [2.24, 2.45) is 5.92 Å². The zero-order chi connectivity index (χ0) is 21.5. The minimum absolute atomic E-state index is 0.00860. The number of quaternary nitrogens is 1. The van der Waals surface area contributed by atoms with E-state index in [1.807, 2.05) is 18.3 Å². The Labute approximate surface area is 181 Å². The largest absolute Gasteiger partial charge is 0.624 e. The highest BCUT2D eigenvalue weighted by molar-refractivity contribution is 5.84. The van der Waals surface area contributed by atoms with Crippen LogP contribution in [0.1, 0.15) is 44.2 Å². The lowest BCUT2D eigenvalue weighted by Gasteiger charge is -2.33. The normalized spacial score (nSPS) is 22.4. The number of hydrazine groups is 1. The van der Waals surface area contributed by atoms with Crippen molar-refractivity contribution in [3.8, 4) is 5.88 Å². The van der Waals surface area contributed by atoms with Crippen molar-refractivity contribution in [2.75, 3.05) is 18.7 Å². The number of pyridine rings is 1. The molecule has 1 aromatic carbocycles. The SMILES string of the molecule is COc1cc(C2=C(C(C)C)[NH+]([O-])C=c3cc4c(cc32)=CNN4C2CCCCO2)ccn1. The first kappa shape index (κ1) is 20.1. The first-order chi connectivity index (χ1) is 15.1. The smallest absolute Gasteiger partial charge is 0.213 e. The Morgan fingerprint density at radius 3 is 2.87 bits per heavy atom. The second-order valence-corrected chi connectivity index (χ2v) is 8.50. The van der Waals surface area contributed by atoms with Crippen LogP contribution < -0.4 is 30.7 Å². The van der Waals surface area contributed by atoms with E-state index in [-0.39, 0.29) is 17.2 Å². The lowest BCUT2D eigenvalue weighted by Crippen LogP contribution is -3.01. The van der Waals surface area contributed by atoms with Gasteiger partial charge in [-0.2, -0.15) is 0 Å². The summed E-state index contributed by atoms with van der Waals surface area (Å²) in [5.41, 5.74) is 8.20. The molecule has 4 heterocycles. The van der Waals surface area contributed by atoms with Crippen LogP contribution in [0.3, 0.4) is 0 Å². The predicted molar refractivity (Wildman–Crippen MR) is 120 cm³/mol. The van der Waals surface area contributed by atoms with Gasteiger partial charge in [0.05, 0.1) is 12.8 Å². The summed E-state index contributed by atoms with van der Waals surface area (Å²) in [6.45, 7) is 4.91. The number of hydrogen-bond donors (Lipinski definition) is 2. The van der Waals surface area contributed by atoms with Crippen LogP contribution in [0.5, 0.6) is 5.88 Å². The summed E-state index contributed by atoms with van der Waals surface area (Å²) >= 11 is 0. The van der Waals surface area contributed by atoms with Gasteiger partial charge in [-0.1, -0.05) is 13.8 Å². The van der Waals surface area contributed by atoms with E-state index in [0.29, 0.717) is 5.88 Å². The summed E-state index contributed by atoms with van der Waals surface area (Å²) in [6.07, 6.45) is 8.77. The van der Waals surface area contributed by atoms with Crippen molar-refractivity contribution in [2.45, 2.75) is 39.3 Å². The third-order valence-electron chi connectivity index (χ3n) is 6.16. The van der Waals surface area contributed by atoms with Gasteiger partial charge in [-0.05, 0) is 43.0 Å². The molecule has 1 saturated heterocycles. The molecule has 3 aliphatic heterocycles. The van der Waals surface area contributed by atoms with Gasteiger partial charge in [-0.25, -0.2) is 4.98 Å². The van der Waals surface area contributed by atoms with Crippen molar-refractivity contribution in [1.82, 2.24) is 10.4 Å². The molecule has 5 rings (SSSR count). The van der Waals surface area contributed by atoms with Gasteiger partial charge >= 0.3 is 0 Å². The predicted octanol–water partition coefficient (Wildman–Crippen LogP) is 1.23. The van der Waals surface area contributed by atoms with Crippen molar-refractivity contribution in [3.63, 3.8) is 0 Å². The van der Waals surface area contributed by atoms with Gasteiger partial charge in [0.2, 0.25) is 5.88 Å². The van der Waals surface area contributed by atoms with Gasteiger partial charge in [0.1, 0.15) is 18.1 Å². The molecule has 0 spiro atoms. The Kier molecular flexibility index (Phi) is 5.17. The first-order valence-electron chi connectivity index (χ1n) is 10.9. The van der Waals surface area contributed by atoms with Crippen molar-refractivity contribution in [1.29, 1.82) is 0 Å². The molecule has 0 bridgehead atoms. The Balaban J connectivity index is 1.67. The van der Waals surface area contributed by atoms with Crippen LogP contribution in [0.4, 0.5) is 5.69 Å². The number of allylic oxidation sites excluding steroid dienone is 1. The number of methoxy groups -OCH3 is 1. The molecule has 0 saturated carbocycles. The third-order valence-corrected chi connectivity index (χ3v) is 6.16. The standard InChI is InChI=1S/C24H28N4O3/c1-15(2)24-23(16-7-8-25-21(12-16)30-3)19-10-17-13-26-28(22-6-4-5-9-31-22)20(17)11-18(19)14-27(24)29/h7-8,10-15,22,26-27H,4-6,9H2,1-3H3. The topological polar surface area (TPSA) is 74.1 Å². The van der Waals surface area contributed by atoms with E-state index in [0.717, 1.165) is 64.4 Å². The highest BCUT2D eigenvalue weighted by Crippen LogP contribution is 2.30. The molecule has 2 aromatic rings. The molecule has 162 valence electrons. The summed E-state index contributed by atoms with van der Waals surface area (Å²) in [4.78, 5) is 4.24. The van der Waals surface area contributed by atoms with E-state index in [9.17, 15) is 5.21 Å². The van der Waals surface area contributed by atoms with Crippen molar-refractivity contribution >= 4 is 23.7 Å². The second-order valence-electron chi connectivity index (χ2n) is 8.50. The maximum Gasteiger partial charge on any atom is 0.213 e. The third kappa shape index (κ3) is 3.48. The monoisotopic (exact) mass is 420 g/mol. The van der Waals surface area contributed by atoms with Gasteiger partial charge in [0.25, 0.3) is 0 Å². The fourth-order valence-corrected chi connectivity index (χ4v) is 4.70. The molecule has 2 atom stereocenters. The number of anilines is 1. The average molecular weight is 421 g/mol. The molecule has 1 fully saturated rings. The molecular formula is C24H28N4O3. The van der Waals surface area contributed by atoms with Gasteiger partial charge in [-0.15, -0.1) is 0 Å². The molecule has 31 heavy (non-hydrogen) atoms. The van der Waals surface area contributed by atoms with Crippen molar-refractivity contribution < 1.29 is 14.5 Å². The average Bonchev–Trinajstić information content (AvgIpc) is 3.20. The minimum atomic E-state index is 0.00860. The lowest BCUT2D eigenvalue weighted by molar-refractivity contribution is -0.718. The zero-order valence-corrected chi connectivity index (χ0v) is 18.1. The molecular weight excluding hydrogens is 392 g/mol. The second kappa shape index (κ2) is 8.00. The molecule has 0 radical (unpaired) electrons. The number of aromatic nitrogens is 1. The fourth-order valence-electron chi connectivity index (χ4n) is 4.70. The minimum Gasteiger partial charge on any atom is -0.624 e. The van der Waals surface area contributed by atoms with E-state index >= 15 is 0 Å². The first-order valence-corrected chi connectivity index (χ1v) is 10.9. The van der Waals surface area contributed by atoms with Gasteiger partial charge < -0.3 is 25.2 Å². The maximum atomic E-state index is 13.2. The zero-order valence-electron chi connectivity index (χ0n) is 18.1. The molecule has 0 aliphatic carbocycles. The number of fused-ring (bicyclic) bond motifs is 2. The lowest BCUT2D eigenvalue weighted by atomic mass is 9.88. The maximum absolute atomic E-state index is 13.2. The molecule has 2 unspecified atom stereocenters. The van der Waals surface area contributed by atoms with Crippen LogP contribution in [0.15, 0.2) is 36.2 Å². The Morgan fingerprint density at radius 2 is 2.13 bits per heavy atom. The molecule has 7 nitrogen and oxygen atoms in total. The summed E-state index contributed by atoms with van der Waals surface area (Å²) in [6, 6.07) is 8.12. The van der Waals surface area contributed by atoms with E-state index < -0.39 is 0 Å². The van der Waals surface area contributed by atoms with Crippen LogP contribution in [0, 0.1) is 11.1 Å². The number of ether oxygens (including phenoxy) is 2. The van der Waals surface area contributed by atoms with E-state index in [4.69, 9.17) is 9.47 Å². The summed E-state index contributed by atoms with van der Waals surface area (Å²) in [5, 5.41) is 17.4. The number of hydrogen-bond acceptors (Lipinski definition) is 6. The number of nitrogens with one attached hydrogen (secondary N) is 2. The number of hydroxylamine groups is 2. The molecule has 7 heteroatoms. The molecule has 1 aromatic heterocycles. The van der Waals surface area contributed by atoms with E-state index in [1.54, 1.807) is 19.5 Å². The van der Waals surface area contributed by atoms with Gasteiger partial charge in [-0.3, -0.25) is 5.01 Å². The van der Waals surface area contributed by atoms with Crippen LogP contribution in [-0.4, -0.2) is 24.9 Å². The van der Waals surface area contributed by atoms with Crippen LogP contribution in [-0.2, 0) is 4.74 Å². The highest BCUT2D eigenvalue weighted by Gasteiger charge is 2.29. The van der Waals surface area contributed by atoms with Crippen molar-refractivity contribution in [3.05, 3.63) is 62.9 Å². The quantitative estimate of drug-likeness (QED) is 0.725. The number of rotatable bonds is 4. The molecule has 2 N–H and O–H groups in total. The van der Waals surface area contributed by atoms with Gasteiger partial charge in [0.15, 0.2) is 0 Å². The highest BCUT2D eigenvalue weighted by atomic mass is 16.5.